The fourth-order valence-corrected chi connectivity index (χ4v) is 4.76. The van der Waals surface area contributed by atoms with Gasteiger partial charge in [-0.15, -0.1) is 11.3 Å². The number of carbonyl (C=O) groups excluding carboxylic acids is 1. The Morgan fingerprint density at radius 3 is 2.58 bits per heavy atom. The van der Waals surface area contributed by atoms with E-state index < -0.39 is 5.97 Å². The van der Waals surface area contributed by atoms with Gasteiger partial charge < -0.3 is 15.3 Å². The molecule has 1 heterocycles. The summed E-state index contributed by atoms with van der Waals surface area (Å²) in [6.45, 7) is 2.79. The smallest absolute Gasteiger partial charge is 0.305 e. The van der Waals surface area contributed by atoms with E-state index in [1.807, 2.05) is 36.4 Å². The lowest BCUT2D eigenvalue weighted by Gasteiger charge is -2.23. The van der Waals surface area contributed by atoms with Crippen LogP contribution in [0.1, 0.15) is 35.7 Å². The Kier molecular flexibility index (Phi) is 8.51. The first-order valence-corrected chi connectivity index (χ1v) is 13.2. The largest absolute Gasteiger partial charge is 0.481 e. The molecule has 0 unspecified atom stereocenters. The minimum absolute atomic E-state index is 0.0991. The quantitative estimate of drug-likeness (QED) is 0.307. The van der Waals surface area contributed by atoms with Gasteiger partial charge in [0, 0.05) is 33.2 Å². The predicted molar refractivity (Wildman–Crippen MR) is 148 cm³/mol. The first-order chi connectivity index (χ1) is 17.4. The molecule has 0 radical (unpaired) electrons. The third-order valence-corrected chi connectivity index (χ3v) is 7.02. The molecular formula is C28H26BrN3O3S. The first kappa shape index (κ1) is 25.6. The molecule has 184 valence electrons. The Bertz CT molecular complexity index is 1320. The molecule has 1 aliphatic carbocycles. The number of thiazole rings is 1. The van der Waals surface area contributed by atoms with Gasteiger partial charge in [0.2, 0.25) is 0 Å². The monoisotopic (exact) mass is 563 g/mol. The number of halogens is 1. The van der Waals surface area contributed by atoms with Crippen LogP contribution < -0.4 is 10.2 Å². The highest BCUT2D eigenvalue weighted by molar-refractivity contribution is 9.10. The zero-order valence-corrected chi connectivity index (χ0v) is 22.2. The zero-order valence-electron chi connectivity index (χ0n) is 19.8. The van der Waals surface area contributed by atoms with Gasteiger partial charge in [-0.2, -0.15) is 0 Å². The van der Waals surface area contributed by atoms with Crippen LogP contribution in [0.15, 0.2) is 94.0 Å². The molecule has 1 aliphatic rings. The number of anilines is 1. The Morgan fingerprint density at radius 1 is 1.11 bits per heavy atom. The van der Waals surface area contributed by atoms with Crippen LogP contribution in [0.4, 0.5) is 5.13 Å². The lowest BCUT2D eigenvalue weighted by molar-refractivity contribution is -0.136. The summed E-state index contributed by atoms with van der Waals surface area (Å²) in [6.07, 6.45) is 9.33. The number of amides is 1. The summed E-state index contributed by atoms with van der Waals surface area (Å²) in [5.41, 5.74) is 5.82. The van der Waals surface area contributed by atoms with E-state index in [0.717, 1.165) is 38.5 Å². The van der Waals surface area contributed by atoms with Crippen LogP contribution in [0.2, 0.25) is 0 Å². The van der Waals surface area contributed by atoms with Crippen LogP contribution in [0, 0.1) is 0 Å². The van der Waals surface area contributed by atoms with Crippen molar-refractivity contribution < 1.29 is 14.7 Å². The van der Waals surface area contributed by atoms with Crippen molar-refractivity contribution in [3.63, 3.8) is 0 Å². The molecule has 36 heavy (non-hydrogen) atoms. The number of aromatic nitrogens is 1. The van der Waals surface area contributed by atoms with Crippen LogP contribution in [0.25, 0.3) is 11.3 Å². The highest BCUT2D eigenvalue weighted by Crippen LogP contribution is 2.32. The Hall–Kier alpha value is -3.49. The molecule has 0 bridgehead atoms. The van der Waals surface area contributed by atoms with Gasteiger partial charge >= 0.3 is 5.97 Å². The molecule has 4 rings (SSSR count). The van der Waals surface area contributed by atoms with Gasteiger partial charge in [0.1, 0.15) is 0 Å². The Labute approximate surface area is 222 Å². The van der Waals surface area contributed by atoms with Crippen molar-refractivity contribution in [3.8, 4) is 11.3 Å². The van der Waals surface area contributed by atoms with Crippen LogP contribution in [0.3, 0.4) is 0 Å². The van der Waals surface area contributed by atoms with Crippen molar-refractivity contribution in [1.29, 1.82) is 0 Å². The van der Waals surface area contributed by atoms with Crippen molar-refractivity contribution in [3.05, 3.63) is 105 Å². The summed E-state index contributed by atoms with van der Waals surface area (Å²) in [6, 6.07) is 15.5. The minimum atomic E-state index is -0.942. The number of benzene rings is 2. The van der Waals surface area contributed by atoms with Gasteiger partial charge in [-0.25, -0.2) is 4.98 Å². The van der Waals surface area contributed by atoms with E-state index in [4.69, 9.17) is 10.1 Å². The molecule has 3 aromatic rings. The number of aliphatic carboxylic acids is 1. The van der Waals surface area contributed by atoms with Gasteiger partial charge in [0.25, 0.3) is 5.91 Å². The molecule has 1 aromatic heterocycles. The van der Waals surface area contributed by atoms with Crippen LogP contribution in [-0.4, -0.2) is 28.5 Å². The predicted octanol–water partition coefficient (Wildman–Crippen LogP) is 6.57. The maximum atomic E-state index is 12.3. The summed E-state index contributed by atoms with van der Waals surface area (Å²) in [7, 11) is 0. The van der Waals surface area contributed by atoms with E-state index in [2.05, 4.69) is 62.8 Å². The fourth-order valence-electron chi connectivity index (χ4n) is 3.64. The number of hydrogen-bond acceptors (Lipinski definition) is 5. The van der Waals surface area contributed by atoms with Crippen molar-refractivity contribution >= 4 is 44.3 Å². The Morgan fingerprint density at radius 2 is 1.86 bits per heavy atom. The van der Waals surface area contributed by atoms with Gasteiger partial charge in [-0.05, 0) is 55.3 Å². The summed E-state index contributed by atoms with van der Waals surface area (Å²) >= 11 is 5.08. The molecule has 0 saturated heterocycles. The van der Waals surface area contributed by atoms with E-state index in [0.29, 0.717) is 12.1 Å². The van der Waals surface area contributed by atoms with E-state index >= 15 is 0 Å². The number of allylic oxidation sites excluding steroid dienone is 5. The number of rotatable bonds is 9. The van der Waals surface area contributed by atoms with Crippen LogP contribution >= 0.6 is 27.3 Å². The highest BCUT2D eigenvalue weighted by atomic mass is 79.9. The second kappa shape index (κ2) is 12.0. The third kappa shape index (κ3) is 6.80. The van der Waals surface area contributed by atoms with Crippen molar-refractivity contribution in [1.82, 2.24) is 10.3 Å². The molecule has 2 aromatic carbocycles. The number of carbonyl (C=O) groups is 2. The second-order valence-corrected chi connectivity index (χ2v) is 10.2. The summed E-state index contributed by atoms with van der Waals surface area (Å²) in [5.74, 6) is -1.23. The van der Waals surface area contributed by atoms with E-state index in [9.17, 15) is 9.59 Å². The van der Waals surface area contributed by atoms with Crippen LogP contribution in [-0.2, 0) is 11.3 Å². The number of hydrogen-bond donors (Lipinski definition) is 2. The average molecular weight is 565 g/mol. The number of carboxylic acid groups (broad SMARTS) is 1. The highest BCUT2D eigenvalue weighted by Gasteiger charge is 2.17. The van der Waals surface area contributed by atoms with Crippen molar-refractivity contribution in [2.24, 2.45) is 0 Å². The normalized spacial score (nSPS) is 12.9. The molecule has 0 spiro atoms. The van der Waals surface area contributed by atoms with E-state index in [-0.39, 0.29) is 18.9 Å². The Balaban J connectivity index is 1.57. The molecule has 0 atom stereocenters. The van der Waals surface area contributed by atoms with Crippen molar-refractivity contribution in [2.75, 3.05) is 11.4 Å². The standard InChI is InChI=1S/C28H26BrN3O3S/c1-19-3-2-4-24(14-5-19)32(28-31-25(18-36-28)21-10-12-23(29)13-11-21)17-20-6-8-22(9-7-20)27(35)30-16-15-26(33)34/h2,4-14,18H,3,15-17H2,1H3,(H,30,35)(H,33,34). The van der Waals surface area contributed by atoms with Crippen molar-refractivity contribution in [2.45, 2.75) is 26.3 Å². The molecular weight excluding hydrogens is 538 g/mol. The van der Waals surface area contributed by atoms with E-state index in [1.54, 1.807) is 23.5 Å². The average Bonchev–Trinajstić information content (AvgIpc) is 3.25. The molecule has 0 aliphatic heterocycles. The summed E-state index contributed by atoms with van der Waals surface area (Å²) < 4.78 is 1.03. The fraction of sp³-hybridized carbons (Fsp3) is 0.179. The van der Waals surface area contributed by atoms with Gasteiger partial charge in [-0.1, -0.05) is 57.9 Å². The molecule has 1 amide bonds. The van der Waals surface area contributed by atoms with Gasteiger partial charge in [0.15, 0.2) is 5.13 Å². The zero-order chi connectivity index (χ0) is 25.5. The van der Waals surface area contributed by atoms with Gasteiger partial charge in [-0.3, -0.25) is 9.59 Å². The van der Waals surface area contributed by atoms with Crippen LogP contribution in [0.5, 0.6) is 0 Å². The third-order valence-electron chi connectivity index (χ3n) is 5.62. The maximum absolute atomic E-state index is 12.3. The number of carboxylic acids is 1. The SMILES string of the molecule is CC1=CC=C(N(Cc2ccc(C(=O)NCCC(=O)O)cc2)c2nc(-c3ccc(Br)cc3)cs2)C=CC1. The van der Waals surface area contributed by atoms with Gasteiger partial charge in [0.05, 0.1) is 18.7 Å². The maximum Gasteiger partial charge on any atom is 0.305 e. The van der Waals surface area contributed by atoms with E-state index in [1.165, 1.54) is 5.57 Å². The molecule has 8 heteroatoms. The minimum Gasteiger partial charge on any atom is -0.481 e. The molecule has 6 nitrogen and oxygen atoms in total. The molecule has 0 fully saturated rings. The molecule has 2 N–H and O–H groups in total. The lowest BCUT2D eigenvalue weighted by atomic mass is 10.1. The number of nitrogens with zero attached hydrogens (tertiary/aromatic N) is 2. The summed E-state index contributed by atoms with van der Waals surface area (Å²) in [5, 5.41) is 14.3. The second-order valence-electron chi connectivity index (χ2n) is 8.42. The number of nitrogens with one attached hydrogen (secondary N) is 1. The topological polar surface area (TPSA) is 82.5 Å². The first-order valence-electron chi connectivity index (χ1n) is 11.5. The lowest BCUT2D eigenvalue weighted by Crippen LogP contribution is -2.26. The summed E-state index contributed by atoms with van der Waals surface area (Å²) in [4.78, 5) is 30.1. The molecule has 0 saturated carbocycles.